The third-order valence-corrected chi connectivity index (χ3v) is 5.44. The average molecular weight is 409 g/mol. The molecule has 0 unspecified atom stereocenters. The number of rotatable bonds is 4. The second-order valence-electron chi connectivity index (χ2n) is 4.16. The molecule has 2 rings (SSSR count). The Balaban J connectivity index is 2.52. The minimum Gasteiger partial charge on any atom is -0.369 e. The molecule has 1 heterocycles. The second-order valence-corrected chi connectivity index (χ2v) is 6.68. The minimum atomic E-state index is -4.42. The molecule has 108 valence electrons. The van der Waals surface area contributed by atoms with Crippen LogP contribution in [-0.2, 0) is 19.6 Å². The van der Waals surface area contributed by atoms with Crippen molar-refractivity contribution in [3.63, 3.8) is 0 Å². The van der Waals surface area contributed by atoms with Gasteiger partial charge in [0.25, 0.3) is 16.0 Å². The fraction of sp³-hybridized carbons (Fsp3) is 0.250. The summed E-state index contributed by atoms with van der Waals surface area (Å²) >= 11 is 1.80. The molecular weight excluding hydrogens is 397 g/mol. The highest BCUT2D eigenvalue weighted by atomic mass is 127. The van der Waals surface area contributed by atoms with Gasteiger partial charge in [0.1, 0.15) is 4.91 Å². The van der Waals surface area contributed by atoms with E-state index >= 15 is 0 Å². The van der Waals surface area contributed by atoms with Crippen LogP contribution in [0.4, 0.5) is 0 Å². The maximum Gasteiger partial charge on any atom is 0.295 e. The number of carbonyl (C=O) groups excluding carboxylic acids is 1. The first kappa shape index (κ1) is 15.4. The van der Waals surface area contributed by atoms with Crippen molar-refractivity contribution < 1.29 is 22.5 Å². The number of carbonyl (C=O) groups is 1. The smallest absolute Gasteiger partial charge is 0.295 e. The maximum atomic E-state index is 11.6. The first-order valence-corrected chi connectivity index (χ1v) is 8.14. The van der Waals surface area contributed by atoms with Crippen molar-refractivity contribution >= 4 is 43.5 Å². The van der Waals surface area contributed by atoms with Crippen molar-refractivity contribution in [3.8, 4) is 0 Å². The van der Waals surface area contributed by atoms with Gasteiger partial charge >= 0.3 is 0 Å². The molecule has 0 aliphatic carbocycles. The number of methoxy groups -OCH3 is 1. The Morgan fingerprint density at radius 2 is 1.95 bits per heavy atom. The van der Waals surface area contributed by atoms with E-state index in [-0.39, 0.29) is 10.8 Å². The molecule has 2 N–H and O–H groups in total. The Bertz CT molecular complexity index is 656. The molecule has 1 saturated heterocycles. The van der Waals surface area contributed by atoms with Crippen molar-refractivity contribution in [2.45, 2.75) is 12.1 Å². The summed E-state index contributed by atoms with van der Waals surface area (Å²) in [5.74, 6) is -0.311. The maximum absolute atomic E-state index is 11.6. The summed E-state index contributed by atoms with van der Waals surface area (Å²) in [6, 6.07) is 7.63. The van der Waals surface area contributed by atoms with E-state index in [1.54, 1.807) is 52.9 Å². The summed E-state index contributed by atoms with van der Waals surface area (Å²) in [6.45, 7) is 0. The van der Waals surface area contributed by atoms with Gasteiger partial charge < -0.3 is 10.1 Å². The van der Waals surface area contributed by atoms with Crippen LogP contribution in [0.1, 0.15) is 5.56 Å². The molecule has 20 heavy (non-hydrogen) atoms. The number of β-lactam (4-membered cyclic amide) rings is 1. The summed E-state index contributed by atoms with van der Waals surface area (Å²) in [6.07, 6.45) is -0.748. The van der Waals surface area contributed by atoms with Crippen molar-refractivity contribution in [2.75, 3.05) is 7.11 Å². The number of hydrogen-bond donors (Lipinski definition) is 2. The quantitative estimate of drug-likeness (QED) is 0.443. The lowest BCUT2D eigenvalue weighted by Crippen LogP contribution is -2.63. The number of ether oxygens (including phenoxy) is 1. The lowest BCUT2D eigenvalue weighted by molar-refractivity contribution is -0.142. The lowest BCUT2D eigenvalue weighted by Gasteiger charge is -2.36. The van der Waals surface area contributed by atoms with Crippen LogP contribution in [0.2, 0.25) is 0 Å². The number of amides is 1. The van der Waals surface area contributed by atoms with Crippen LogP contribution in [-0.4, -0.2) is 38.1 Å². The first-order valence-electron chi connectivity index (χ1n) is 5.62. The van der Waals surface area contributed by atoms with Crippen molar-refractivity contribution in [3.05, 3.63) is 39.5 Å². The van der Waals surface area contributed by atoms with Gasteiger partial charge in [-0.3, -0.25) is 9.35 Å². The van der Waals surface area contributed by atoms with Gasteiger partial charge in [-0.25, -0.2) is 0 Å². The van der Waals surface area contributed by atoms with E-state index in [1.165, 1.54) is 7.11 Å². The Morgan fingerprint density at radius 1 is 1.35 bits per heavy atom. The summed E-state index contributed by atoms with van der Waals surface area (Å²) in [7, 11) is -3.05. The van der Waals surface area contributed by atoms with Crippen molar-refractivity contribution in [2.24, 2.45) is 0 Å². The van der Waals surface area contributed by atoms with E-state index in [4.69, 9.17) is 4.74 Å². The predicted octanol–water partition coefficient (Wildman–Crippen LogP) is 1.19. The zero-order chi connectivity index (χ0) is 14.9. The molecule has 0 saturated carbocycles. The zero-order valence-corrected chi connectivity index (χ0v) is 13.4. The van der Waals surface area contributed by atoms with Crippen LogP contribution in [0.15, 0.2) is 33.9 Å². The Kier molecular flexibility index (Phi) is 4.47. The van der Waals surface area contributed by atoms with Gasteiger partial charge in [0, 0.05) is 10.7 Å². The molecule has 8 heteroatoms. The fourth-order valence-electron chi connectivity index (χ4n) is 1.95. The molecule has 0 radical (unpaired) electrons. The van der Waals surface area contributed by atoms with Gasteiger partial charge in [-0.2, -0.15) is 8.42 Å². The first-order chi connectivity index (χ1) is 9.36. The van der Waals surface area contributed by atoms with Gasteiger partial charge in [-0.1, -0.05) is 30.3 Å². The molecule has 0 bridgehead atoms. The van der Waals surface area contributed by atoms with E-state index in [0.717, 1.165) is 0 Å². The molecule has 0 spiro atoms. The molecule has 2 atom stereocenters. The van der Waals surface area contributed by atoms with Crippen LogP contribution in [0.5, 0.6) is 0 Å². The highest BCUT2D eigenvalue weighted by molar-refractivity contribution is 14.1. The minimum absolute atomic E-state index is 0.217. The SMILES string of the molecule is CO[C@H]1C(=O)N[C@H]1/C(I)=C(/c1ccccc1)S(=O)(=O)O. The molecule has 1 aromatic rings. The largest absolute Gasteiger partial charge is 0.369 e. The van der Waals surface area contributed by atoms with Gasteiger partial charge in [0.2, 0.25) is 0 Å². The van der Waals surface area contributed by atoms with E-state index in [9.17, 15) is 17.8 Å². The van der Waals surface area contributed by atoms with Gasteiger partial charge in [0.15, 0.2) is 6.10 Å². The van der Waals surface area contributed by atoms with Crippen LogP contribution >= 0.6 is 22.6 Å². The van der Waals surface area contributed by atoms with E-state index < -0.39 is 22.3 Å². The molecule has 1 fully saturated rings. The number of halogens is 1. The van der Waals surface area contributed by atoms with E-state index in [0.29, 0.717) is 9.14 Å². The van der Waals surface area contributed by atoms with Gasteiger partial charge in [0.05, 0.1) is 6.04 Å². The Labute approximate surface area is 130 Å². The molecule has 1 aliphatic heterocycles. The topological polar surface area (TPSA) is 92.7 Å². The molecule has 0 aromatic heterocycles. The highest BCUT2D eigenvalue weighted by Gasteiger charge is 2.43. The van der Waals surface area contributed by atoms with Crippen LogP contribution in [0.25, 0.3) is 4.91 Å². The Hall–Kier alpha value is -0.970. The monoisotopic (exact) mass is 409 g/mol. The zero-order valence-electron chi connectivity index (χ0n) is 10.4. The summed E-state index contributed by atoms with van der Waals surface area (Å²) in [5, 5.41) is 2.56. The van der Waals surface area contributed by atoms with Gasteiger partial charge in [-0.15, -0.1) is 0 Å². The second kappa shape index (κ2) is 5.80. The van der Waals surface area contributed by atoms with Crippen molar-refractivity contribution in [1.82, 2.24) is 5.32 Å². The molecular formula is C12H12INO5S. The number of benzene rings is 1. The standard InChI is InChI=1S/C12H12INO5S/c1-19-10-9(14-12(10)15)8(13)11(20(16,17)18)7-5-3-2-4-6-7/h2-6,9-10H,1H3,(H,14,15)(H,16,17,18)/b11-8+/t9-,10+/m0/s1. The number of hydrogen-bond acceptors (Lipinski definition) is 4. The average Bonchev–Trinajstić information content (AvgIpc) is 2.36. The summed E-state index contributed by atoms with van der Waals surface area (Å²) in [5.41, 5.74) is 0.357. The van der Waals surface area contributed by atoms with Gasteiger partial charge in [-0.05, 0) is 28.2 Å². The molecule has 1 aliphatic rings. The number of nitrogens with one attached hydrogen (secondary N) is 1. The van der Waals surface area contributed by atoms with Crippen LogP contribution in [0.3, 0.4) is 0 Å². The third-order valence-electron chi connectivity index (χ3n) is 2.90. The van der Waals surface area contributed by atoms with E-state index in [2.05, 4.69) is 5.32 Å². The highest BCUT2D eigenvalue weighted by Crippen LogP contribution is 2.34. The summed E-state index contributed by atoms with van der Waals surface area (Å²) in [4.78, 5) is 11.1. The third kappa shape index (κ3) is 2.87. The molecule has 1 amide bonds. The molecule has 1 aromatic carbocycles. The van der Waals surface area contributed by atoms with Crippen LogP contribution < -0.4 is 5.32 Å². The normalized spacial score (nSPS) is 23.6. The van der Waals surface area contributed by atoms with Crippen LogP contribution in [0, 0.1) is 0 Å². The Morgan fingerprint density at radius 3 is 2.40 bits per heavy atom. The van der Waals surface area contributed by atoms with E-state index in [1.807, 2.05) is 0 Å². The predicted molar refractivity (Wildman–Crippen MR) is 81.7 cm³/mol. The fourth-order valence-corrected chi connectivity index (χ4v) is 4.38. The lowest BCUT2D eigenvalue weighted by atomic mass is 10.0. The molecule has 6 nitrogen and oxygen atoms in total. The van der Waals surface area contributed by atoms with Crippen molar-refractivity contribution in [1.29, 1.82) is 0 Å². The summed E-state index contributed by atoms with van der Waals surface area (Å²) < 4.78 is 38.0.